The molecular weight excluding hydrogens is 468 g/mol. The van der Waals surface area contributed by atoms with E-state index in [1.165, 1.54) is 10.9 Å². The summed E-state index contributed by atoms with van der Waals surface area (Å²) in [6, 6.07) is 6.58. The van der Waals surface area contributed by atoms with E-state index >= 15 is 0 Å². The number of anilines is 1. The van der Waals surface area contributed by atoms with Crippen LogP contribution in [0.1, 0.15) is 52.3 Å². The molecule has 0 atom stereocenters. The molecule has 35 heavy (non-hydrogen) atoms. The largest absolute Gasteiger partial charge is 0.462 e. The topological polar surface area (TPSA) is 111 Å². The number of para-hydroxylation sites is 1. The Balaban J connectivity index is 1.58. The Morgan fingerprint density at radius 3 is 2.63 bits per heavy atom. The van der Waals surface area contributed by atoms with Crippen molar-refractivity contribution in [2.24, 2.45) is 5.92 Å². The predicted molar refractivity (Wildman–Crippen MR) is 134 cm³/mol. The van der Waals surface area contributed by atoms with Gasteiger partial charge in [-0.05, 0) is 50.3 Å². The number of piperidine rings is 1. The van der Waals surface area contributed by atoms with Crippen LogP contribution in [-0.4, -0.2) is 51.9 Å². The lowest BCUT2D eigenvalue weighted by atomic mass is 9.99. The summed E-state index contributed by atoms with van der Waals surface area (Å²) in [5, 5.41) is 3.07. The van der Waals surface area contributed by atoms with Gasteiger partial charge in [0.15, 0.2) is 0 Å². The van der Waals surface area contributed by atoms with Crippen LogP contribution in [0.25, 0.3) is 10.2 Å². The molecular formula is C25H28N4O5S. The van der Waals surface area contributed by atoms with Crippen molar-refractivity contribution < 1.29 is 19.1 Å². The molecule has 0 unspecified atom stereocenters. The normalized spacial score (nSPS) is 14.2. The minimum absolute atomic E-state index is 0.0834. The van der Waals surface area contributed by atoms with Gasteiger partial charge in [0.05, 0.1) is 34.4 Å². The van der Waals surface area contributed by atoms with Crippen LogP contribution in [0.4, 0.5) is 5.69 Å². The molecule has 0 aliphatic carbocycles. The van der Waals surface area contributed by atoms with Gasteiger partial charge in [-0.1, -0.05) is 19.1 Å². The maximum Gasteiger partial charge on any atom is 0.340 e. The number of benzene rings is 1. The Morgan fingerprint density at radius 2 is 1.91 bits per heavy atom. The second-order valence-electron chi connectivity index (χ2n) is 8.70. The second kappa shape index (κ2) is 10.4. The van der Waals surface area contributed by atoms with Crippen molar-refractivity contribution in [2.45, 2.75) is 40.2 Å². The van der Waals surface area contributed by atoms with Gasteiger partial charge in [0, 0.05) is 13.1 Å². The van der Waals surface area contributed by atoms with Crippen molar-refractivity contribution >= 4 is 45.0 Å². The van der Waals surface area contributed by atoms with Crippen LogP contribution in [0.5, 0.6) is 0 Å². The number of amides is 2. The van der Waals surface area contributed by atoms with Crippen LogP contribution in [-0.2, 0) is 16.1 Å². The van der Waals surface area contributed by atoms with Crippen LogP contribution >= 0.6 is 11.3 Å². The van der Waals surface area contributed by atoms with Gasteiger partial charge in [-0.15, -0.1) is 11.3 Å². The molecule has 2 amide bonds. The zero-order valence-electron chi connectivity index (χ0n) is 20.0. The van der Waals surface area contributed by atoms with Crippen molar-refractivity contribution in [1.29, 1.82) is 0 Å². The zero-order valence-corrected chi connectivity index (χ0v) is 20.8. The van der Waals surface area contributed by atoms with Crippen LogP contribution in [0, 0.1) is 12.8 Å². The number of nitrogens with one attached hydrogen (secondary N) is 1. The fourth-order valence-corrected chi connectivity index (χ4v) is 5.18. The van der Waals surface area contributed by atoms with Gasteiger partial charge in [0.25, 0.3) is 11.5 Å². The second-order valence-corrected chi connectivity index (χ2v) is 9.70. The van der Waals surface area contributed by atoms with E-state index in [0.29, 0.717) is 45.4 Å². The Hall–Kier alpha value is -3.53. The van der Waals surface area contributed by atoms with Crippen molar-refractivity contribution in [3.8, 4) is 0 Å². The highest BCUT2D eigenvalue weighted by molar-refractivity contribution is 7.20. The van der Waals surface area contributed by atoms with Crippen LogP contribution in [0.3, 0.4) is 0 Å². The molecule has 9 nitrogen and oxygen atoms in total. The number of thiophene rings is 1. The minimum Gasteiger partial charge on any atom is -0.462 e. The predicted octanol–water partition coefficient (Wildman–Crippen LogP) is 3.45. The molecule has 4 rings (SSSR count). The zero-order chi connectivity index (χ0) is 25.1. The number of esters is 1. The van der Waals surface area contributed by atoms with Crippen molar-refractivity contribution in [3.63, 3.8) is 0 Å². The Morgan fingerprint density at radius 1 is 1.20 bits per heavy atom. The van der Waals surface area contributed by atoms with Gasteiger partial charge >= 0.3 is 5.97 Å². The molecule has 184 valence electrons. The number of aryl methyl sites for hydroxylation is 1. The molecule has 0 spiro atoms. The highest BCUT2D eigenvalue weighted by atomic mass is 32.1. The third kappa shape index (κ3) is 5.12. The first-order valence-electron chi connectivity index (χ1n) is 11.6. The molecule has 1 fully saturated rings. The number of nitrogens with zero attached hydrogens (tertiary/aromatic N) is 3. The standard InChI is InChI=1S/C25H28N4O5S/c1-4-34-25(33)17-7-5-6-8-18(17)27-22(31)21-16(3)20-23(35-21)26-14-29(24(20)32)13-19(30)28-11-9-15(2)10-12-28/h5-8,14-15H,4,9-13H2,1-3H3,(H,27,31). The maximum absolute atomic E-state index is 13.2. The van der Waals surface area contributed by atoms with Gasteiger partial charge in [-0.2, -0.15) is 0 Å². The molecule has 3 aromatic rings. The van der Waals surface area contributed by atoms with E-state index in [-0.39, 0.29) is 30.2 Å². The number of likely N-dealkylation sites (tertiary alicyclic amines) is 1. The first-order chi connectivity index (χ1) is 16.8. The highest BCUT2D eigenvalue weighted by Gasteiger charge is 2.24. The number of fused-ring (bicyclic) bond motifs is 1. The van der Waals surface area contributed by atoms with E-state index in [1.54, 1.807) is 43.0 Å². The highest BCUT2D eigenvalue weighted by Crippen LogP contribution is 2.28. The molecule has 0 bridgehead atoms. The van der Waals surface area contributed by atoms with Crippen LogP contribution in [0.2, 0.25) is 0 Å². The van der Waals surface area contributed by atoms with Crippen molar-refractivity contribution in [2.75, 3.05) is 25.0 Å². The number of rotatable bonds is 6. The number of hydrogen-bond acceptors (Lipinski definition) is 7. The van der Waals surface area contributed by atoms with E-state index in [2.05, 4.69) is 17.2 Å². The summed E-state index contributed by atoms with van der Waals surface area (Å²) in [4.78, 5) is 58.1. The number of carbonyl (C=O) groups is 3. The fourth-order valence-electron chi connectivity index (χ4n) is 4.15. The van der Waals surface area contributed by atoms with Crippen molar-refractivity contribution in [1.82, 2.24) is 14.5 Å². The lowest BCUT2D eigenvalue weighted by molar-refractivity contribution is -0.133. The molecule has 3 heterocycles. The average molecular weight is 497 g/mol. The van der Waals surface area contributed by atoms with E-state index in [1.807, 2.05) is 0 Å². The fraction of sp³-hybridized carbons (Fsp3) is 0.400. The lowest BCUT2D eigenvalue weighted by Crippen LogP contribution is -2.41. The molecule has 2 aromatic heterocycles. The summed E-state index contributed by atoms with van der Waals surface area (Å²) in [7, 11) is 0. The number of carbonyl (C=O) groups excluding carboxylic acids is 3. The van der Waals surface area contributed by atoms with E-state index < -0.39 is 11.9 Å². The molecule has 0 saturated carbocycles. The quantitative estimate of drug-likeness (QED) is 0.524. The summed E-state index contributed by atoms with van der Waals surface area (Å²) < 4.78 is 6.37. The van der Waals surface area contributed by atoms with Gasteiger partial charge in [-0.3, -0.25) is 19.0 Å². The Bertz CT molecular complexity index is 1340. The molecule has 1 aromatic carbocycles. The molecule has 1 aliphatic heterocycles. The van der Waals surface area contributed by atoms with Gasteiger partial charge in [0.1, 0.15) is 11.4 Å². The Kier molecular flexibility index (Phi) is 7.30. The number of ether oxygens (including phenoxy) is 1. The monoisotopic (exact) mass is 496 g/mol. The van der Waals surface area contributed by atoms with E-state index in [0.717, 1.165) is 24.2 Å². The number of hydrogen-bond donors (Lipinski definition) is 1. The molecule has 10 heteroatoms. The smallest absolute Gasteiger partial charge is 0.340 e. The third-order valence-electron chi connectivity index (χ3n) is 6.24. The Labute approximate surface area is 206 Å². The molecule has 0 radical (unpaired) electrons. The van der Waals surface area contributed by atoms with Gasteiger partial charge < -0.3 is 15.0 Å². The summed E-state index contributed by atoms with van der Waals surface area (Å²) in [5.74, 6) is -0.496. The average Bonchev–Trinajstić information content (AvgIpc) is 3.19. The first-order valence-corrected chi connectivity index (χ1v) is 12.5. The summed E-state index contributed by atoms with van der Waals surface area (Å²) in [5.41, 5.74) is 0.697. The van der Waals surface area contributed by atoms with Crippen molar-refractivity contribution in [3.05, 3.63) is 57.0 Å². The van der Waals surface area contributed by atoms with E-state index in [4.69, 9.17) is 4.74 Å². The third-order valence-corrected chi connectivity index (χ3v) is 7.43. The summed E-state index contributed by atoms with van der Waals surface area (Å²) in [6.45, 7) is 7.09. The molecule has 1 saturated heterocycles. The van der Waals surface area contributed by atoms with Crippen LogP contribution < -0.4 is 10.9 Å². The maximum atomic E-state index is 13.2. The first kappa shape index (κ1) is 24.6. The van der Waals surface area contributed by atoms with Crippen LogP contribution in [0.15, 0.2) is 35.4 Å². The SMILES string of the molecule is CCOC(=O)c1ccccc1NC(=O)c1sc2ncn(CC(=O)N3CCC(C)CC3)c(=O)c2c1C. The van der Waals surface area contributed by atoms with Gasteiger partial charge in [-0.25, -0.2) is 9.78 Å². The molecule has 1 N–H and O–H groups in total. The van der Waals surface area contributed by atoms with Gasteiger partial charge in [0.2, 0.25) is 5.91 Å². The number of aromatic nitrogens is 2. The lowest BCUT2D eigenvalue weighted by Gasteiger charge is -2.30. The van der Waals surface area contributed by atoms with E-state index in [9.17, 15) is 19.2 Å². The summed E-state index contributed by atoms with van der Waals surface area (Å²) >= 11 is 1.10. The molecule has 1 aliphatic rings. The summed E-state index contributed by atoms with van der Waals surface area (Å²) in [6.07, 6.45) is 3.28. The minimum atomic E-state index is -0.533.